The van der Waals surface area contributed by atoms with Gasteiger partial charge in [-0.25, -0.2) is 0 Å². The Morgan fingerprint density at radius 2 is 1.69 bits per heavy atom. The quantitative estimate of drug-likeness (QED) is 0.767. The van der Waals surface area contributed by atoms with Crippen molar-refractivity contribution in [2.24, 2.45) is 29.4 Å². The highest BCUT2D eigenvalue weighted by atomic mass is 14.6. The first-order valence-corrected chi connectivity index (χ1v) is 7.53. The average molecular weight is 223 g/mol. The average Bonchev–Trinajstić information content (AvgIpc) is 2.82. The monoisotopic (exact) mass is 223 g/mol. The first kappa shape index (κ1) is 12.4. The Morgan fingerprint density at radius 1 is 0.938 bits per heavy atom. The van der Waals surface area contributed by atoms with Crippen LogP contribution in [0.5, 0.6) is 0 Å². The molecule has 0 aromatic rings. The van der Waals surface area contributed by atoms with Gasteiger partial charge in [-0.2, -0.15) is 0 Å². The summed E-state index contributed by atoms with van der Waals surface area (Å²) in [4.78, 5) is 0. The zero-order valence-corrected chi connectivity index (χ0v) is 11.0. The Hall–Kier alpha value is -0.0400. The van der Waals surface area contributed by atoms with Crippen molar-refractivity contribution in [1.29, 1.82) is 0 Å². The normalized spacial score (nSPS) is 36.8. The first-order valence-electron chi connectivity index (χ1n) is 7.53. The molecule has 2 aliphatic carbocycles. The van der Waals surface area contributed by atoms with Crippen LogP contribution in [0.4, 0.5) is 0 Å². The minimum absolute atomic E-state index is 0.850. The molecule has 0 radical (unpaired) electrons. The van der Waals surface area contributed by atoms with E-state index in [4.69, 9.17) is 5.73 Å². The molecule has 0 saturated heterocycles. The highest BCUT2D eigenvalue weighted by Gasteiger charge is 2.31. The van der Waals surface area contributed by atoms with Crippen molar-refractivity contribution in [3.8, 4) is 0 Å². The molecule has 1 nitrogen and oxygen atoms in total. The Kier molecular flexibility index (Phi) is 4.69. The van der Waals surface area contributed by atoms with Crippen LogP contribution in [0.25, 0.3) is 0 Å². The molecule has 2 fully saturated rings. The minimum Gasteiger partial charge on any atom is -0.330 e. The van der Waals surface area contributed by atoms with Crippen molar-refractivity contribution in [1.82, 2.24) is 0 Å². The summed E-state index contributed by atoms with van der Waals surface area (Å²) in [5.41, 5.74) is 5.95. The van der Waals surface area contributed by atoms with Crippen LogP contribution in [0.3, 0.4) is 0 Å². The summed E-state index contributed by atoms with van der Waals surface area (Å²) in [5.74, 6) is 3.87. The van der Waals surface area contributed by atoms with Crippen LogP contribution >= 0.6 is 0 Å². The van der Waals surface area contributed by atoms with E-state index in [1.807, 2.05) is 0 Å². The molecule has 3 atom stereocenters. The van der Waals surface area contributed by atoms with E-state index >= 15 is 0 Å². The van der Waals surface area contributed by atoms with Gasteiger partial charge in [0.2, 0.25) is 0 Å². The predicted molar refractivity (Wildman–Crippen MR) is 70.2 cm³/mol. The summed E-state index contributed by atoms with van der Waals surface area (Å²) in [6.07, 6.45) is 13.2. The molecule has 0 aromatic carbocycles. The van der Waals surface area contributed by atoms with Crippen molar-refractivity contribution < 1.29 is 0 Å². The lowest BCUT2D eigenvalue weighted by Gasteiger charge is -2.36. The molecule has 2 aliphatic rings. The third-order valence-corrected chi connectivity index (χ3v) is 5.24. The second-order valence-electron chi connectivity index (χ2n) is 6.23. The number of hydrogen-bond donors (Lipinski definition) is 1. The van der Waals surface area contributed by atoms with Gasteiger partial charge in [-0.1, -0.05) is 45.4 Å². The maximum atomic E-state index is 5.95. The largest absolute Gasteiger partial charge is 0.330 e. The molecular formula is C15H29N. The van der Waals surface area contributed by atoms with Crippen molar-refractivity contribution >= 4 is 0 Å². The van der Waals surface area contributed by atoms with Gasteiger partial charge in [-0.15, -0.1) is 0 Å². The van der Waals surface area contributed by atoms with E-state index in [9.17, 15) is 0 Å². The van der Waals surface area contributed by atoms with Crippen LogP contribution in [-0.4, -0.2) is 6.54 Å². The Balaban J connectivity index is 1.86. The third kappa shape index (κ3) is 3.00. The summed E-state index contributed by atoms with van der Waals surface area (Å²) in [6, 6.07) is 0. The molecule has 0 amide bonds. The first-order chi connectivity index (χ1) is 7.83. The van der Waals surface area contributed by atoms with Gasteiger partial charge in [-0.05, 0) is 49.5 Å². The summed E-state index contributed by atoms with van der Waals surface area (Å²) >= 11 is 0. The lowest BCUT2D eigenvalue weighted by molar-refractivity contribution is 0.152. The molecular weight excluding hydrogens is 194 g/mol. The topological polar surface area (TPSA) is 26.0 Å². The highest BCUT2D eigenvalue weighted by molar-refractivity contribution is 4.83. The van der Waals surface area contributed by atoms with Gasteiger partial charge < -0.3 is 5.73 Å². The molecule has 2 rings (SSSR count). The van der Waals surface area contributed by atoms with Crippen molar-refractivity contribution in [2.45, 2.75) is 64.7 Å². The lowest BCUT2D eigenvalue weighted by atomic mass is 9.70. The zero-order valence-electron chi connectivity index (χ0n) is 11.0. The second-order valence-corrected chi connectivity index (χ2v) is 6.23. The molecule has 0 spiro atoms. The van der Waals surface area contributed by atoms with Gasteiger partial charge >= 0.3 is 0 Å². The van der Waals surface area contributed by atoms with Crippen LogP contribution < -0.4 is 5.73 Å². The number of rotatable bonds is 4. The molecule has 16 heavy (non-hydrogen) atoms. The maximum absolute atomic E-state index is 5.95. The van der Waals surface area contributed by atoms with E-state index in [-0.39, 0.29) is 0 Å². The molecule has 0 heterocycles. The highest BCUT2D eigenvalue weighted by Crippen LogP contribution is 2.41. The van der Waals surface area contributed by atoms with E-state index in [2.05, 4.69) is 6.92 Å². The fourth-order valence-corrected chi connectivity index (χ4v) is 4.07. The Bertz CT molecular complexity index is 196. The lowest BCUT2D eigenvalue weighted by Crippen LogP contribution is -2.31. The Labute approximate surface area is 101 Å². The molecule has 94 valence electrons. The molecule has 3 unspecified atom stereocenters. The maximum Gasteiger partial charge on any atom is -0.00462 e. The summed E-state index contributed by atoms with van der Waals surface area (Å²) < 4.78 is 0. The van der Waals surface area contributed by atoms with Crippen molar-refractivity contribution in [3.05, 3.63) is 0 Å². The molecule has 0 aliphatic heterocycles. The standard InChI is InChI=1S/C15H29N/c1-2-12-7-8-14(11-16)15(9-12)10-13-5-3-4-6-13/h12-15H,2-11,16H2,1H3. The molecule has 1 heteroatoms. The molecule has 0 aromatic heterocycles. The van der Waals surface area contributed by atoms with E-state index in [1.54, 1.807) is 0 Å². The van der Waals surface area contributed by atoms with Gasteiger partial charge in [0.25, 0.3) is 0 Å². The number of hydrogen-bond acceptors (Lipinski definition) is 1. The molecule has 2 saturated carbocycles. The fraction of sp³-hybridized carbons (Fsp3) is 1.00. The van der Waals surface area contributed by atoms with Crippen LogP contribution in [0.15, 0.2) is 0 Å². The molecule has 0 bridgehead atoms. The van der Waals surface area contributed by atoms with Crippen molar-refractivity contribution in [3.63, 3.8) is 0 Å². The number of nitrogens with two attached hydrogens (primary N) is 1. The van der Waals surface area contributed by atoms with E-state index in [1.165, 1.54) is 57.8 Å². The molecule has 2 N–H and O–H groups in total. The minimum atomic E-state index is 0.850. The third-order valence-electron chi connectivity index (χ3n) is 5.24. The van der Waals surface area contributed by atoms with Gasteiger partial charge in [0.05, 0.1) is 0 Å². The van der Waals surface area contributed by atoms with Crippen LogP contribution in [-0.2, 0) is 0 Å². The predicted octanol–water partition coefficient (Wildman–Crippen LogP) is 3.97. The second kappa shape index (κ2) is 6.05. The van der Waals surface area contributed by atoms with E-state index in [0.717, 1.165) is 30.2 Å². The van der Waals surface area contributed by atoms with Crippen LogP contribution in [0, 0.1) is 23.7 Å². The van der Waals surface area contributed by atoms with Crippen LogP contribution in [0.1, 0.15) is 64.7 Å². The van der Waals surface area contributed by atoms with E-state index in [0.29, 0.717) is 0 Å². The van der Waals surface area contributed by atoms with Gasteiger partial charge in [0, 0.05) is 0 Å². The summed E-state index contributed by atoms with van der Waals surface area (Å²) in [7, 11) is 0. The smallest absolute Gasteiger partial charge is 0.00462 e. The van der Waals surface area contributed by atoms with Gasteiger partial charge in [0.1, 0.15) is 0 Å². The van der Waals surface area contributed by atoms with Crippen LogP contribution in [0.2, 0.25) is 0 Å². The van der Waals surface area contributed by atoms with Gasteiger partial charge in [0.15, 0.2) is 0 Å². The van der Waals surface area contributed by atoms with E-state index < -0.39 is 0 Å². The van der Waals surface area contributed by atoms with Gasteiger partial charge in [-0.3, -0.25) is 0 Å². The van der Waals surface area contributed by atoms with Crippen molar-refractivity contribution in [2.75, 3.05) is 6.54 Å². The fourth-order valence-electron chi connectivity index (χ4n) is 4.07. The summed E-state index contributed by atoms with van der Waals surface area (Å²) in [6.45, 7) is 3.30. The SMILES string of the molecule is CCC1CCC(CN)C(CC2CCCC2)C1. The Morgan fingerprint density at radius 3 is 2.31 bits per heavy atom. The summed E-state index contributed by atoms with van der Waals surface area (Å²) in [5, 5.41) is 0. The zero-order chi connectivity index (χ0) is 11.4.